The van der Waals surface area contributed by atoms with Crippen LogP contribution in [0.15, 0.2) is 24.3 Å². The molecule has 3 N–H and O–H groups in total. The molecule has 0 atom stereocenters. The number of methoxy groups -OCH3 is 1. The molecule has 1 aromatic carbocycles. The quantitative estimate of drug-likeness (QED) is 0.649. The summed E-state index contributed by atoms with van der Waals surface area (Å²) in [6.07, 6.45) is 2.62. The molecule has 148 valence electrons. The maximum atomic E-state index is 12.1. The zero-order valence-electron chi connectivity index (χ0n) is 15.3. The fourth-order valence-electron chi connectivity index (χ4n) is 2.92. The van der Waals surface area contributed by atoms with E-state index in [0.29, 0.717) is 22.1 Å². The van der Waals surface area contributed by atoms with Gasteiger partial charge in [-0.25, -0.2) is 4.79 Å². The van der Waals surface area contributed by atoms with Crippen molar-refractivity contribution in [2.75, 3.05) is 25.6 Å². The van der Waals surface area contributed by atoms with Gasteiger partial charge < -0.3 is 25.3 Å². The number of rotatable bonds is 8. The van der Waals surface area contributed by atoms with Crippen molar-refractivity contribution in [1.82, 2.24) is 0 Å². The molecule has 0 bridgehead atoms. The van der Waals surface area contributed by atoms with E-state index in [-0.39, 0.29) is 6.61 Å². The average Bonchev–Trinajstić information content (AvgIpc) is 3.25. The van der Waals surface area contributed by atoms with E-state index in [2.05, 4.69) is 5.32 Å². The van der Waals surface area contributed by atoms with Crippen LogP contribution in [0.1, 0.15) is 27.2 Å². The topological polar surface area (TPSA) is 117 Å². The first-order valence-electron chi connectivity index (χ1n) is 8.64. The Morgan fingerprint density at radius 2 is 1.82 bits per heavy atom. The Balaban J connectivity index is 1.48. The summed E-state index contributed by atoms with van der Waals surface area (Å²) in [6, 6.07) is 6.70. The maximum Gasteiger partial charge on any atom is 0.344 e. The third-order valence-corrected chi connectivity index (χ3v) is 5.41. The molecule has 0 radical (unpaired) electrons. The van der Waals surface area contributed by atoms with Gasteiger partial charge in [-0.1, -0.05) is 0 Å². The minimum absolute atomic E-state index is 0.334. The molecule has 8 nitrogen and oxygen atoms in total. The Bertz CT molecular complexity index is 891. The number of thiophene rings is 1. The van der Waals surface area contributed by atoms with Crippen LogP contribution < -0.4 is 20.5 Å². The standard InChI is InChI=1S/C19H20N2O6S/c1-25-11-5-7-12(8-6-11)26-10-16(23)27-9-15(22)21-19-17(18(20)24)13-3-2-4-14(13)28-19/h5-8H,2-4,9-10H2,1H3,(H2,20,24)(H,21,22). The molecule has 2 amide bonds. The Kier molecular flexibility index (Phi) is 6.15. The van der Waals surface area contributed by atoms with E-state index in [1.54, 1.807) is 31.4 Å². The lowest BCUT2D eigenvalue weighted by atomic mass is 10.1. The second-order valence-corrected chi connectivity index (χ2v) is 7.20. The number of aryl methyl sites for hydroxylation is 1. The summed E-state index contributed by atoms with van der Waals surface area (Å²) in [7, 11) is 1.55. The summed E-state index contributed by atoms with van der Waals surface area (Å²) < 4.78 is 15.2. The van der Waals surface area contributed by atoms with Gasteiger partial charge in [-0.05, 0) is 49.1 Å². The van der Waals surface area contributed by atoms with Gasteiger partial charge in [-0.3, -0.25) is 9.59 Å². The largest absolute Gasteiger partial charge is 0.497 e. The molecule has 1 aromatic heterocycles. The van der Waals surface area contributed by atoms with Gasteiger partial charge in [0.15, 0.2) is 13.2 Å². The van der Waals surface area contributed by atoms with Crippen molar-refractivity contribution in [3.8, 4) is 11.5 Å². The zero-order valence-corrected chi connectivity index (χ0v) is 16.1. The Morgan fingerprint density at radius 1 is 1.11 bits per heavy atom. The van der Waals surface area contributed by atoms with Crippen LogP contribution in [-0.2, 0) is 27.2 Å². The van der Waals surface area contributed by atoms with Crippen molar-refractivity contribution in [3.05, 3.63) is 40.3 Å². The zero-order chi connectivity index (χ0) is 20.1. The van der Waals surface area contributed by atoms with Crippen molar-refractivity contribution < 1.29 is 28.6 Å². The van der Waals surface area contributed by atoms with Crippen LogP contribution in [-0.4, -0.2) is 38.1 Å². The number of esters is 1. The van der Waals surface area contributed by atoms with Crippen LogP contribution in [0.2, 0.25) is 0 Å². The van der Waals surface area contributed by atoms with E-state index in [1.807, 2.05) is 0 Å². The highest BCUT2D eigenvalue weighted by molar-refractivity contribution is 7.17. The van der Waals surface area contributed by atoms with Crippen LogP contribution in [0.25, 0.3) is 0 Å². The predicted molar refractivity (Wildman–Crippen MR) is 103 cm³/mol. The van der Waals surface area contributed by atoms with E-state index in [4.69, 9.17) is 19.9 Å². The molecule has 2 aromatic rings. The highest BCUT2D eigenvalue weighted by Gasteiger charge is 2.26. The number of anilines is 1. The predicted octanol–water partition coefficient (Wildman–Crippen LogP) is 1.91. The number of benzene rings is 1. The maximum absolute atomic E-state index is 12.1. The van der Waals surface area contributed by atoms with Crippen LogP contribution in [0, 0.1) is 0 Å². The number of carbonyl (C=O) groups excluding carboxylic acids is 3. The summed E-state index contributed by atoms with van der Waals surface area (Å²) in [5.74, 6) is -0.655. The SMILES string of the molecule is COc1ccc(OCC(=O)OCC(=O)Nc2sc3c(c2C(N)=O)CCC3)cc1. The number of amides is 2. The van der Waals surface area contributed by atoms with Crippen molar-refractivity contribution in [2.24, 2.45) is 5.73 Å². The molecule has 1 aliphatic carbocycles. The molecule has 1 aliphatic rings. The van der Waals surface area contributed by atoms with E-state index in [9.17, 15) is 14.4 Å². The highest BCUT2D eigenvalue weighted by Crippen LogP contribution is 2.38. The molecule has 9 heteroatoms. The lowest BCUT2D eigenvalue weighted by molar-refractivity contribution is -0.149. The Labute approximate surface area is 165 Å². The summed E-state index contributed by atoms with van der Waals surface area (Å²) in [6.45, 7) is -0.814. The minimum atomic E-state index is -0.685. The number of nitrogens with two attached hydrogens (primary N) is 1. The number of ether oxygens (including phenoxy) is 3. The smallest absolute Gasteiger partial charge is 0.344 e. The number of nitrogens with one attached hydrogen (secondary N) is 1. The lowest BCUT2D eigenvalue weighted by Crippen LogP contribution is -2.24. The lowest BCUT2D eigenvalue weighted by Gasteiger charge is -2.08. The van der Waals surface area contributed by atoms with Crippen LogP contribution in [0.4, 0.5) is 5.00 Å². The van der Waals surface area contributed by atoms with Gasteiger partial charge in [0.1, 0.15) is 16.5 Å². The van der Waals surface area contributed by atoms with Gasteiger partial charge in [0.2, 0.25) is 0 Å². The van der Waals surface area contributed by atoms with Crippen LogP contribution in [0.5, 0.6) is 11.5 Å². The van der Waals surface area contributed by atoms with Gasteiger partial charge in [0, 0.05) is 4.88 Å². The molecule has 3 rings (SSSR count). The van der Waals surface area contributed by atoms with Gasteiger partial charge in [-0.15, -0.1) is 11.3 Å². The summed E-state index contributed by atoms with van der Waals surface area (Å²) in [4.78, 5) is 36.6. The van der Waals surface area contributed by atoms with E-state index >= 15 is 0 Å². The Morgan fingerprint density at radius 3 is 2.50 bits per heavy atom. The first-order valence-corrected chi connectivity index (χ1v) is 9.46. The minimum Gasteiger partial charge on any atom is -0.497 e. The van der Waals surface area contributed by atoms with E-state index < -0.39 is 24.4 Å². The normalized spacial score (nSPS) is 12.2. The Hall–Kier alpha value is -3.07. The monoisotopic (exact) mass is 404 g/mol. The number of carbonyl (C=O) groups is 3. The molecule has 0 spiro atoms. The first-order chi connectivity index (χ1) is 13.5. The summed E-state index contributed by atoms with van der Waals surface area (Å²) >= 11 is 1.34. The molecule has 0 saturated heterocycles. The number of fused-ring (bicyclic) bond motifs is 1. The molecular weight excluding hydrogens is 384 g/mol. The van der Waals surface area contributed by atoms with Gasteiger partial charge >= 0.3 is 5.97 Å². The van der Waals surface area contributed by atoms with E-state index in [0.717, 1.165) is 29.7 Å². The van der Waals surface area contributed by atoms with E-state index in [1.165, 1.54) is 11.3 Å². The third kappa shape index (κ3) is 4.61. The van der Waals surface area contributed by atoms with Gasteiger partial charge in [0.05, 0.1) is 12.7 Å². The third-order valence-electron chi connectivity index (χ3n) is 4.20. The molecule has 0 aliphatic heterocycles. The van der Waals surface area contributed by atoms with Gasteiger partial charge in [-0.2, -0.15) is 0 Å². The first kappa shape index (κ1) is 19.7. The number of hydrogen-bond acceptors (Lipinski definition) is 7. The van der Waals surface area contributed by atoms with Crippen molar-refractivity contribution >= 4 is 34.1 Å². The van der Waals surface area contributed by atoms with Crippen molar-refractivity contribution in [3.63, 3.8) is 0 Å². The average molecular weight is 404 g/mol. The summed E-state index contributed by atoms with van der Waals surface area (Å²) in [5.41, 5.74) is 6.73. The number of hydrogen-bond donors (Lipinski definition) is 2. The van der Waals surface area contributed by atoms with Gasteiger partial charge in [0.25, 0.3) is 11.8 Å². The molecule has 28 heavy (non-hydrogen) atoms. The molecule has 0 unspecified atom stereocenters. The summed E-state index contributed by atoms with van der Waals surface area (Å²) in [5, 5.41) is 3.02. The second-order valence-electron chi connectivity index (χ2n) is 6.10. The fraction of sp³-hybridized carbons (Fsp3) is 0.316. The molecular formula is C19H20N2O6S. The molecule has 1 heterocycles. The van der Waals surface area contributed by atoms with Crippen molar-refractivity contribution in [1.29, 1.82) is 0 Å². The molecule has 0 fully saturated rings. The fourth-order valence-corrected chi connectivity index (χ4v) is 4.23. The molecule has 0 saturated carbocycles. The number of primary amides is 1. The highest BCUT2D eigenvalue weighted by atomic mass is 32.1. The van der Waals surface area contributed by atoms with Crippen molar-refractivity contribution in [2.45, 2.75) is 19.3 Å². The van der Waals surface area contributed by atoms with Crippen LogP contribution in [0.3, 0.4) is 0 Å². The second kappa shape index (κ2) is 8.75. The van der Waals surface area contributed by atoms with Crippen LogP contribution >= 0.6 is 11.3 Å².